The molecule has 0 bridgehead atoms. The van der Waals surface area contributed by atoms with E-state index in [1.54, 1.807) is 12.1 Å². The lowest BCUT2D eigenvalue weighted by Gasteiger charge is -2.47. The van der Waals surface area contributed by atoms with E-state index in [2.05, 4.69) is 22.1 Å². The highest BCUT2D eigenvalue weighted by atomic mass is 16.6. The maximum Gasteiger partial charge on any atom is 0.272 e. The van der Waals surface area contributed by atoms with Crippen molar-refractivity contribution in [3.63, 3.8) is 0 Å². The van der Waals surface area contributed by atoms with Gasteiger partial charge in [0.15, 0.2) is 6.04 Å². The highest BCUT2D eigenvalue weighted by Crippen LogP contribution is 2.39. The molecule has 2 fully saturated rings. The first kappa shape index (κ1) is 27.2. The summed E-state index contributed by atoms with van der Waals surface area (Å²) in [6.07, 6.45) is 0. The molecule has 13 heteroatoms. The Morgan fingerprint density at radius 3 is 2.49 bits per heavy atom. The number of nitrogens with zero attached hydrogens (tertiary/aromatic N) is 2. The molecule has 2 aromatic carbocycles. The summed E-state index contributed by atoms with van der Waals surface area (Å²) in [6.45, 7) is 6.21. The molecule has 0 aliphatic carbocycles. The summed E-state index contributed by atoms with van der Waals surface area (Å²) in [5, 5.41) is 68.2. The standard InChI is InChI=1S/C26H30N4O9/c1-15-24(33,34)25(35,36)21(22(31)27-15)30-14-19-18(23(30)32)6-3-7-20(19)28-26(37,38)17-5-2-4-16(12-17)13-29-8-10-39-11-9-29/h2-7,12,21,28,33-38H,1,8-11,13-14H2,(H,27,31). The predicted octanol–water partition coefficient (Wildman–Crippen LogP) is -1.94. The maximum atomic E-state index is 13.2. The van der Waals surface area contributed by atoms with Gasteiger partial charge < -0.3 is 50.9 Å². The number of aliphatic hydroxyl groups is 6. The number of piperidine rings is 1. The molecule has 0 saturated carbocycles. The Balaban J connectivity index is 1.40. The van der Waals surface area contributed by atoms with Crippen LogP contribution < -0.4 is 10.6 Å². The first-order valence-electron chi connectivity index (χ1n) is 12.3. The molecule has 2 amide bonds. The molecular weight excluding hydrogens is 512 g/mol. The van der Waals surface area contributed by atoms with Gasteiger partial charge in [-0.3, -0.25) is 14.5 Å². The van der Waals surface area contributed by atoms with Crippen molar-refractivity contribution in [2.75, 3.05) is 31.6 Å². The van der Waals surface area contributed by atoms with Gasteiger partial charge in [-0.15, -0.1) is 0 Å². The van der Waals surface area contributed by atoms with Gasteiger partial charge in [0.2, 0.25) is 0 Å². The fourth-order valence-corrected chi connectivity index (χ4v) is 5.10. The van der Waals surface area contributed by atoms with Crippen LogP contribution in [0, 0.1) is 0 Å². The lowest BCUT2D eigenvalue weighted by Crippen LogP contribution is -2.75. The zero-order chi connectivity index (χ0) is 28.2. The Morgan fingerprint density at radius 2 is 1.77 bits per heavy atom. The minimum Gasteiger partial charge on any atom is -0.379 e. The van der Waals surface area contributed by atoms with Crippen molar-refractivity contribution in [3.05, 3.63) is 77.0 Å². The van der Waals surface area contributed by atoms with E-state index in [1.165, 1.54) is 24.3 Å². The van der Waals surface area contributed by atoms with Crippen molar-refractivity contribution in [2.24, 2.45) is 0 Å². The first-order valence-corrected chi connectivity index (χ1v) is 12.3. The Labute approximate surface area is 223 Å². The van der Waals surface area contributed by atoms with Crippen LogP contribution in [0.1, 0.15) is 27.0 Å². The number of hydrogen-bond acceptors (Lipinski definition) is 11. The minimum atomic E-state index is -3.49. The highest BCUT2D eigenvalue weighted by Gasteiger charge is 2.64. The van der Waals surface area contributed by atoms with E-state index in [4.69, 9.17) is 4.74 Å². The number of carbonyl (C=O) groups is 2. The number of nitrogens with one attached hydrogen (secondary N) is 2. The van der Waals surface area contributed by atoms with Crippen molar-refractivity contribution >= 4 is 17.5 Å². The van der Waals surface area contributed by atoms with Gasteiger partial charge in [-0.1, -0.05) is 30.8 Å². The molecule has 0 radical (unpaired) electrons. The molecule has 1 unspecified atom stereocenters. The van der Waals surface area contributed by atoms with Gasteiger partial charge in [-0.25, -0.2) is 0 Å². The molecule has 13 nitrogen and oxygen atoms in total. The minimum absolute atomic E-state index is 0.0475. The zero-order valence-corrected chi connectivity index (χ0v) is 20.9. The number of rotatable bonds is 6. The van der Waals surface area contributed by atoms with Crippen LogP contribution in [-0.2, 0) is 28.5 Å². The van der Waals surface area contributed by atoms with Crippen molar-refractivity contribution in [1.82, 2.24) is 15.1 Å². The fraction of sp³-hybridized carbons (Fsp3) is 0.385. The number of benzene rings is 2. The average Bonchev–Trinajstić information content (AvgIpc) is 3.20. The monoisotopic (exact) mass is 542 g/mol. The number of fused-ring (bicyclic) bond motifs is 1. The summed E-state index contributed by atoms with van der Waals surface area (Å²) < 4.78 is 5.37. The van der Waals surface area contributed by atoms with Crippen LogP contribution in [0.5, 0.6) is 0 Å². The summed E-state index contributed by atoms with van der Waals surface area (Å²) in [5.41, 5.74) is 0.647. The van der Waals surface area contributed by atoms with Crippen LogP contribution >= 0.6 is 0 Å². The van der Waals surface area contributed by atoms with Crippen LogP contribution in [0.2, 0.25) is 0 Å². The Kier molecular flexibility index (Phi) is 6.73. The quantitative estimate of drug-likeness (QED) is 0.189. The van der Waals surface area contributed by atoms with Crippen LogP contribution in [0.3, 0.4) is 0 Å². The Bertz CT molecular complexity index is 1320. The molecule has 5 rings (SSSR count). The van der Waals surface area contributed by atoms with Crippen LogP contribution in [-0.4, -0.2) is 96.2 Å². The molecule has 2 aromatic rings. The van der Waals surface area contributed by atoms with Crippen molar-refractivity contribution in [3.8, 4) is 0 Å². The normalized spacial score (nSPS) is 23.0. The van der Waals surface area contributed by atoms with Crippen molar-refractivity contribution in [1.29, 1.82) is 0 Å². The number of amides is 2. The summed E-state index contributed by atoms with van der Waals surface area (Å²) >= 11 is 0. The highest BCUT2D eigenvalue weighted by molar-refractivity contribution is 6.03. The second kappa shape index (κ2) is 9.66. The molecule has 1 atom stereocenters. The van der Waals surface area contributed by atoms with E-state index in [9.17, 15) is 40.2 Å². The molecule has 3 heterocycles. The molecule has 3 aliphatic heterocycles. The molecule has 0 spiro atoms. The summed E-state index contributed by atoms with van der Waals surface area (Å²) in [6, 6.07) is 9.02. The third-order valence-electron chi connectivity index (χ3n) is 7.29. The van der Waals surface area contributed by atoms with E-state index in [-0.39, 0.29) is 28.9 Å². The van der Waals surface area contributed by atoms with Gasteiger partial charge in [0.1, 0.15) is 0 Å². The molecule has 0 aromatic heterocycles. The van der Waals surface area contributed by atoms with Gasteiger partial charge in [-0.05, 0) is 23.8 Å². The lowest BCUT2D eigenvalue weighted by molar-refractivity contribution is -0.358. The molecule has 3 aliphatic rings. The fourth-order valence-electron chi connectivity index (χ4n) is 5.10. The second-order valence-electron chi connectivity index (χ2n) is 9.92. The number of ether oxygens (including phenoxy) is 1. The topological polar surface area (TPSA) is 195 Å². The Morgan fingerprint density at radius 1 is 1.08 bits per heavy atom. The third kappa shape index (κ3) is 4.68. The Hall–Kier alpha value is -3.40. The lowest BCUT2D eigenvalue weighted by atomic mass is 9.89. The zero-order valence-electron chi connectivity index (χ0n) is 20.9. The van der Waals surface area contributed by atoms with Crippen LogP contribution in [0.25, 0.3) is 0 Å². The second-order valence-corrected chi connectivity index (χ2v) is 9.92. The number of carbonyl (C=O) groups excluding carboxylic acids is 2. The van der Waals surface area contributed by atoms with Gasteiger partial charge in [-0.2, -0.15) is 0 Å². The van der Waals surface area contributed by atoms with Gasteiger partial charge in [0.05, 0.1) is 18.9 Å². The predicted molar refractivity (Wildman–Crippen MR) is 134 cm³/mol. The van der Waals surface area contributed by atoms with E-state index in [0.29, 0.717) is 19.8 Å². The number of hydrogen-bond donors (Lipinski definition) is 8. The molecule has 8 N–H and O–H groups in total. The van der Waals surface area contributed by atoms with Crippen LogP contribution in [0.15, 0.2) is 54.7 Å². The van der Waals surface area contributed by atoms with Crippen LogP contribution in [0.4, 0.5) is 5.69 Å². The van der Waals surface area contributed by atoms with Crippen molar-refractivity contribution < 1.29 is 45.0 Å². The first-order chi connectivity index (χ1) is 18.3. The van der Waals surface area contributed by atoms with E-state index >= 15 is 0 Å². The SMILES string of the molecule is C=C1NC(=O)C(N2Cc3c(NC(O)(O)c4cccc(CN5CCOCC5)c4)cccc3C2=O)C(O)(O)C1(O)O. The smallest absolute Gasteiger partial charge is 0.272 e. The van der Waals surface area contributed by atoms with Gasteiger partial charge in [0.25, 0.3) is 29.3 Å². The number of morpholine rings is 1. The summed E-state index contributed by atoms with van der Waals surface area (Å²) in [5.74, 6) is -11.3. The average molecular weight is 543 g/mol. The largest absolute Gasteiger partial charge is 0.379 e. The van der Waals surface area contributed by atoms with E-state index in [0.717, 1.165) is 23.6 Å². The third-order valence-corrected chi connectivity index (χ3v) is 7.29. The maximum absolute atomic E-state index is 13.2. The van der Waals surface area contributed by atoms with Gasteiger partial charge >= 0.3 is 0 Å². The van der Waals surface area contributed by atoms with Gasteiger partial charge in [0, 0.05) is 48.6 Å². The summed E-state index contributed by atoms with van der Waals surface area (Å²) in [7, 11) is 0. The molecule has 2 saturated heterocycles. The molecular formula is C26H30N4O9. The number of anilines is 1. The van der Waals surface area contributed by atoms with Crippen molar-refractivity contribution in [2.45, 2.75) is 36.6 Å². The molecule has 208 valence electrons. The molecule has 39 heavy (non-hydrogen) atoms. The van der Waals surface area contributed by atoms with E-state index < -0.39 is 41.0 Å². The summed E-state index contributed by atoms with van der Waals surface area (Å²) in [4.78, 5) is 28.8. The van der Waals surface area contributed by atoms with E-state index in [1.807, 2.05) is 6.07 Å².